The number of carbonyl (C=O) groups is 1. The summed E-state index contributed by atoms with van der Waals surface area (Å²) >= 11 is 0. The van der Waals surface area contributed by atoms with E-state index in [0.29, 0.717) is 12.1 Å². The summed E-state index contributed by atoms with van der Waals surface area (Å²) in [6.45, 7) is 5.96. The molecule has 2 aromatic carbocycles. The average molecular weight is 361 g/mol. The second-order valence-corrected chi connectivity index (χ2v) is 7.11. The Morgan fingerprint density at radius 1 is 1.15 bits per heavy atom. The number of fused-ring (bicyclic) bond motifs is 1. The fourth-order valence-corrected chi connectivity index (χ4v) is 2.76. The van der Waals surface area contributed by atoms with Crippen LogP contribution in [-0.4, -0.2) is 26.1 Å². The van der Waals surface area contributed by atoms with E-state index >= 15 is 0 Å². The summed E-state index contributed by atoms with van der Waals surface area (Å²) in [5, 5.41) is 30.4. The van der Waals surface area contributed by atoms with Gasteiger partial charge in [0.25, 0.3) is 0 Å². The van der Waals surface area contributed by atoms with E-state index in [9.17, 15) is 15.0 Å². The van der Waals surface area contributed by atoms with Crippen LogP contribution < -0.4 is 34.7 Å². The summed E-state index contributed by atoms with van der Waals surface area (Å²) in [7, 11) is 0. The maximum Gasteiger partial charge on any atom is 1.00 e. The average Bonchev–Trinajstić information content (AvgIpc) is 2.96. The Balaban J connectivity index is 0.00000243. The van der Waals surface area contributed by atoms with E-state index in [2.05, 4.69) is 10.2 Å². The van der Waals surface area contributed by atoms with Gasteiger partial charge in [-0.15, -0.1) is 15.0 Å². The number of hydrogen-bond acceptors (Lipinski definition) is 5. The second kappa shape index (κ2) is 7.78. The minimum absolute atomic E-state index is 0. The van der Waals surface area contributed by atoms with Gasteiger partial charge in [-0.05, 0) is 42.0 Å². The Hall–Kier alpha value is -1.89. The number of aromatic nitrogens is 3. The van der Waals surface area contributed by atoms with Crippen LogP contribution >= 0.6 is 0 Å². The summed E-state index contributed by atoms with van der Waals surface area (Å²) in [5.41, 5.74) is 3.08. The Morgan fingerprint density at radius 3 is 2.23 bits per heavy atom. The van der Waals surface area contributed by atoms with Crippen molar-refractivity contribution in [3.8, 4) is 11.4 Å². The van der Waals surface area contributed by atoms with Crippen molar-refractivity contribution in [2.75, 3.05) is 0 Å². The monoisotopic (exact) mass is 361 g/mol. The number of benzene rings is 2. The molecule has 0 aliphatic rings. The minimum Gasteiger partial charge on any atom is -0.550 e. The van der Waals surface area contributed by atoms with Gasteiger partial charge in [0.15, 0.2) is 0 Å². The zero-order chi connectivity index (χ0) is 18.2. The Labute approximate surface area is 174 Å². The van der Waals surface area contributed by atoms with E-state index in [0.717, 1.165) is 22.2 Å². The molecule has 0 aliphatic carbocycles. The number of carbonyl (C=O) groups excluding carboxylic acids is 1. The summed E-state index contributed by atoms with van der Waals surface area (Å²) in [6, 6.07) is 11.0. The van der Waals surface area contributed by atoms with Crippen LogP contribution in [0.2, 0.25) is 0 Å². The molecular formula is C19H20N3NaO3. The van der Waals surface area contributed by atoms with Gasteiger partial charge in [0.05, 0.1) is 0 Å². The van der Waals surface area contributed by atoms with Crippen molar-refractivity contribution in [2.24, 2.45) is 0 Å². The fraction of sp³-hybridized carbons (Fsp3) is 0.316. The van der Waals surface area contributed by atoms with Gasteiger partial charge < -0.3 is 15.0 Å². The topological polar surface area (TPSA) is 91.1 Å². The molecule has 1 aromatic heterocycles. The van der Waals surface area contributed by atoms with Crippen LogP contribution in [0.1, 0.15) is 38.3 Å². The van der Waals surface area contributed by atoms with E-state index < -0.39 is 5.97 Å². The maximum atomic E-state index is 10.8. The third-order valence-corrected chi connectivity index (χ3v) is 4.08. The van der Waals surface area contributed by atoms with Gasteiger partial charge >= 0.3 is 29.6 Å². The van der Waals surface area contributed by atoms with E-state index in [4.69, 9.17) is 0 Å². The number of phenols is 1. The molecule has 130 valence electrons. The van der Waals surface area contributed by atoms with Gasteiger partial charge in [-0.2, -0.15) is 0 Å². The molecule has 0 aliphatic heterocycles. The molecule has 6 nitrogen and oxygen atoms in total. The first-order valence-corrected chi connectivity index (χ1v) is 8.14. The predicted octanol–water partition coefficient (Wildman–Crippen LogP) is -0.890. The van der Waals surface area contributed by atoms with Gasteiger partial charge in [-0.25, -0.2) is 0 Å². The van der Waals surface area contributed by atoms with Gasteiger partial charge in [0.1, 0.15) is 22.5 Å². The van der Waals surface area contributed by atoms with Crippen molar-refractivity contribution in [1.29, 1.82) is 0 Å². The van der Waals surface area contributed by atoms with Crippen molar-refractivity contribution in [3.05, 3.63) is 47.5 Å². The van der Waals surface area contributed by atoms with Crippen molar-refractivity contribution in [1.82, 2.24) is 15.0 Å². The van der Waals surface area contributed by atoms with Gasteiger partial charge in [0.2, 0.25) is 0 Å². The predicted molar refractivity (Wildman–Crippen MR) is 92.6 cm³/mol. The third kappa shape index (κ3) is 4.26. The number of aliphatic carboxylic acids is 1. The van der Waals surface area contributed by atoms with Crippen LogP contribution in [0.15, 0.2) is 36.4 Å². The first-order valence-electron chi connectivity index (χ1n) is 8.14. The molecule has 3 rings (SSSR count). The number of rotatable bonds is 4. The molecule has 1 heterocycles. The largest absolute Gasteiger partial charge is 1.00 e. The molecule has 0 bridgehead atoms. The van der Waals surface area contributed by atoms with Crippen molar-refractivity contribution in [2.45, 2.75) is 39.0 Å². The maximum absolute atomic E-state index is 10.8. The molecule has 0 saturated heterocycles. The first kappa shape index (κ1) is 20.4. The molecule has 0 radical (unpaired) electrons. The van der Waals surface area contributed by atoms with Crippen molar-refractivity contribution >= 4 is 17.0 Å². The Bertz CT molecular complexity index is 912. The molecule has 0 atom stereocenters. The summed E-state index contributed by atoms with van der Waals surface area (Å²) in [4.78, 5) is 12.2. The molecule has 0 spiro atoms. The molecule has 0 unspecified atom stereocenters. The number of aryl methyl sites for hydroxylation is 1. The van der Waals surface area contributed by atoms with E-state index in [1.165, 1.54) is 4.80 Å². The summed E-state index contributed by atoms with van der Waals surface area (Å²) in [6.07, 6.45) is 0.238. The van der Waals surface area contributed by atoms with E-state index in [1.54, 1.807) is 6.07 Å². The fourth-order valence-electron chi connectivity index (χ4n) is 2.76. The van der Waals surface area contributed by atoms with E-state index in [1.807, 2.05) is 51.1 Å². The Kier molecular flexibility index (Phi) is 6.11. The number of carboxylic acids is 1. The standard InChI is InChI=1S/C19H21N3O3.Na/c1-19(2,3)13-10-12(8-9-17(23)24)11-16(18(13)25)22-20-14-6-4-5-7-15(14)21-22;/h4-7,10-11,25H,8-9H2,1-3H3,(H,23,24);/q;+1/p-1. The van der Waals surface area contributed by atoms with E-state index in [-0.39, 0.29) is 47.1 Å². The molecule has 1 N–H and O–H groups in total. The molecule has 0 fully saturated rings. The van der Waals surface area contributed by atoms with Crippen molar-refractivity contribution < 1.29 is 44.6 Å². The molecule has 0 saturated carbocycles. The Morgan fingerprint density at radius 2 is 1.73 bits per heavy atom. The number of carboxylic acid groups (broad SMARTS) is 1. The van der Waals surface area contributed by atoms with Gasteiger partial charge in [-0.1, -0.05) is 39.0 Å². The SMILES string of the molecule is CC(C)(C)c1cc(CCC(=O)[O-])cc(-n2nc3ccccc3n2)c1O.[Na+]. The zero-order valence-electron chi connectivity index (χ0n) is 15.5. The van der Waals surface area contributed by atoms with Gasteiger partial charge in [-0.3, -0.25) is 0 Å². The van der Waals surface area contributed by atoms with Crippen LogP contribution in [-0.2, 0) is 16.6 Å². The molecular weight excluding hydrogens is 341 g/mol. The van der Waals surface area contributed by atoms with Crippen LogP contribution in [0.25, 0.3) is 16.7 Å². The molecule has 7 heteroatoms. The normalized spacial score (nSPS) is 11.3. The van der Waals surface area contributed by atoms with Crippen LogP contribution in [0.5, 0.6) is 5.75 Å². The number of hydrogen-bond donors (Lipinski definition) is 1. The second-order valence-electron chi connectivity index (χ2n) is 7.11. The quantitative estimate of drug-likeness (QED) is 0.609. The molecule has 3 aromatic rings. The van der Waals surface area contributed by atoms with Crippen LogP contribution in [0.4, 0.5) is 0 Å². The first-order chi connectivity index (χ1) is 11.8. The summed E-state index contributed by atoms with van der Waals surface area (Å²) < 4.78 is 0. The van der Waals surface area contributed by atoms with Crippen LogP contribution in [0, 0.1) is 0 Å². The summed E-state index contributed by atoms with van der Waals surface area (Å²) in [5.74, 6) is -1.00. The number of aromatic hydroxyl groups is 1. The number of nitrogens with zero attached hydrogens (tertiary/aromatic N) is 3. The van der Waals surface area contributed by atoms with Gasteiger partial charge in [0, 0.05) is 11.5 Å². The molecule has 0 amide bonds. The zero-order valence-corrected chi connectivity index (χ0v) is 17.5. The third-order valence-electron chi connectivity index (χ3n) is 4.08. The molecule has 26 heavy (non-hydrogen) atoms. The minimum atomic E-state index is -1.10. The van der Waals surface area contributed by atoms with Crippen molar-refractivity contribution in [3.63, 3.8) is 0 Å². The smallest absolute Gasteiger partial charge is 0.550 e. The number of phenolic OH excluding ortho intramolecular Hbond substituents is 1. The van der Waals surface area contributed by atoms with Crippen LogP contribution in [0.3, 0.4) is 0 Å².